The molecule has 0 amide bonds. The average molecular weight is 313 g/mol. The van der Waals surface area contributed by atoms with Crippen LogP contribution in [0, 0.1) is 23.0 Å². The van der Waals surface area contributed by atoms with E-state index in [2.05, 4.69) is 10.3 Å². The van der Waals surface area contributed by atoms with Crippen LogP contribution in [0.2, 0.25) is 0 Å². The fourth-order valence-corrected chi connectivity index (χ4v) is 2.31. The van der Waals surface area contributed by atoms with Gasteiger partial charge in [0.25, 0.3) is 5.69 Å². The lowest BCUT2D eigenvalue weighted by Crippen LogP contribution is -2.06. The molecule has 1 saturated carbocycles. The molecule has 1 aromatic heterocycles. The molecule has 1 heterocycles. The molecule has 6 nitrogen and oxygen atoms in total. The predicted octanol–water partition coefficient (Wildman–Crippen LogP) is 3.70. The van der Waals surface area contributed by atoms with Crippen molar-refractivity contribution in [1.29, 1.82) is 0 Å². The Hall–Kier alpha value is -2.63. The van der Waals surface area contributed by atoms with E-state index < -0.39 is 4.92 Å². The summed E-state index contributed by atoms with van der Waals surface area (Å²) in [6.45, 7) is 3.04. The van der Waals surface area contributed by atoms with Gasteiger partial charge in [0.2, 0.25) is 0 Å². The fraction of sp³-hybridized carbons (Fsp3) is 0.353. The van der Waals surface area contributed by atoms with Crippen molar-refractivity contribution >= 4 is 11.5 Å². The first-order valence-corrected chi connectivity index (χ1v) is 7.69. The molecule has 1 aromatic carbocycles. The SMILES string of the molecule is Cc1cc(NCc2ccccc2OCC2CC2)ncc1[N+](=O)[O-]. The molecule has 0 saturated heterocycles. The van der Waals surface area contributed by atoms with Gasteiger partial charge >= 0.3 is 0 Å². The summed E-state index contributed by atoms with van der Waals surface area (Å²) in [4.78, 5) is 14.5. The van der Waals surface area contributed by atoms with Crippen LogP contribution in [0.4, 0.5) is 11.5 Å². The Balaban J connectivity index is 1.65. The number of nitrogens with zero attached hydrogens (tertiary/aromatic N) is 2. The quantitative estimate of drug-likeness (QED) is 0.623. The number of aryl methyl sites for hydroxylation is 1. The van der Waals surface area contributed by atoms with E-state index in [1.807, 2.05) is 24.3 Å². The van der Waals surface area contributed by atoms with Gasteiger partial charge in [-0.25, -0.2) is 4.98 Å². The zero-order chi connectivity index (χ0) is 16.2. The number of hydrogen-bond donors (Lipinski definition) is 1. The molecule has 23 heavy (non-hydrogen) atoms. The van der Waals surface area contributed by atoms with E-state index in [1.165, 1.54) is 19.0 Å². The second kappa shape index (κ2) is 6.64. The molecule has 0 spiro atoms. The maximum atomic E-state index is 10.8. The van der Waals surface area contributed by atoms with Crippen LogP contribution in [0.25, 0.3) is 0 Å². The molecule has 6 heteroatoms. The largest absolute Gasteiger partial charge is 0.493 e. The van der Waals surface area contributed by atoms with Crippen molar-refractivity contribution in [2.45, 2.75) is 26.3 Å². The number of ether oxygens (including phenoxy) is 1. The van der Waals surface area contributed by atoms with E-state index in [1.54, 1.807) is 13.0 Å². The third kappa shape index (κ3) is 3.97. The zero-order valence-corrected chi connectivity index (χ0v) is 13.0. The van der Waals surface area contributed by atoms with Crippen LogP contribution in [0.3, 0.4) is 0 Å². The normalized spacial score (nSPS) is 13.6. The van der Waals surface area contributed by atoms with Crippen LogP contribution in [0.5, 0.6) is 5.75 Å². The lowest BCUT2D eigenvalue weighted by molar-refractivity contribution is -0.385. The van der Waals surface area contributed by atoms with Gasteiger partial charge in [-0.15, -0.1) is 0 Å². The van der Waals surface area contributed by atoms with Crippen LogP contribution in [0.1, 0.15) is 24.0 Å². The van der Waals surface area contributed by atoms with Gasteiger partial charge in [0.05, 0.1) is 11.5 Å². The Morgan fingerprint density at radius 3 is 2.87 bits per heavy atom. The number of rotatable bonds is 7. The highest BCUT2D eigenvalue weighted by Gasteiger charge is 2.22. The molecule has 0 unspecified atom stereocenters. The Morgan fingerprint density at radius 1 is 1.39 bits per heavy atom. The van der Waals surface area contributed by atoms with Crippen molar-refractivity contribution in [2.24, 2.45) is 5.92 Å². The van der Waals surface area contributed by atoms with Crippen molar-refractivity contribution in [3.05, 3.63) is 57.8 Å². The summed E-state index contributed by atoms with van der Waals surface area (Å²) >= 11 is 0. The summed E-state index contributed by atoms with van der Waals surface area (Å²) in [7, 11) is 0. The average Bonchev–Trinajstić information content (AvgIpc) is 3.35. The van der Waals surface area contributed by atoms with Gasteiger partial charge in [0, 0.05) is 17.7 Å². The lowest BCUT2D eigenvalue weighted by Gasteiger charge is -2.12. The van der Waals surface area contributed by atoms with Gasteiger partial charge in [0.15, 0.2) is 0 Å². The van der Waals surface area contributed by atoms with Crippen LogP contribution < -0.4 is 10.1 Å². The van der Waals surface area contributed by atoms with Crippen LogP contribution in [-0.4, -0.2) is 16.5 Å². The Bertz CT molecular complexity index is 714. The van der Waals surface area contributed by atoms with Crippen molar-refractivity contribution in [3.8, 4) is 5.75 Å². The summed E-state index contributed by atoms with van der Waals surface area (Å²) in [5, 5.41) is 14.0. The standard InChI is InChI=1S/C17H19N3O3/c1-12-8-17(19-10-15(12)20(21)22)18-9-14-4-2-3-5-16(14)23-11-13-6-7-13/h2-5,8,10,13H,6-7,9,11H2,1H3,(H,18,19). The molecule has 0 aliphatic heterocycles. The van der Waals surface area contributed by atoms with E-state index in [-0.39, 0.29) is 5.69 Å². The predicted molar refractivity (Wildman–Crippen MR) is 87.6 cm³/mol. The number of nitrogens with one attached hydrogen (secondary N) is 1. The highest BCUT2D eigenvalue weighted by atomic mass is 16.6. The monoisotopic (exact) mass is 313 g/mol. The first-order valence-electron chi connectivity index (χ1n) is 7.69. The Labute approximate surface area is 134 Å². The molecular weight excluding hydrogens is 294 g/mol. The second-order valence-corrected chi connectivity index (χ2v) is 5.83. The molecule has 0 atom stereocenters. The van der Waals surface area contributed by atoms with Gasteiger partial charge in [-0.2, -0.15) is 0 Å². The van der Waals surface area contributed by atoms with Gasteiger partial charge in [-0.1, -0.05) is 18.2 Å². The first kappa shape index (κ1) is 15.3. The summed E-state index contributed by atoms with van der Waals surface area (Å²) < 4.78 is 5.87. The summed E-state index contributed by atoms with van der Waals surface area (Å²) in [5.41, 5.74) is 1.67. The molecule has 2 aromatic rings. The van der Waals surface area contributed by atoms with Gasteiger partial charge in [-0.3, -0.25) is 10.1 Å². The zero-order valence-electron chi connectivity index (χ0n) is 13.0. The topological polar surface area (TPSA) is 77.3 Å². The molecule has 1 fully saturated rings. The second-order valence-electron chi connectivity index (χ2n) is 5.83. The van der Waals surface area contributed by atoms with E-state index in [9.17, 15) is 10.1 Å². The number of para-hydroxylation sites is 1. The molecule has 3 rings (SSSR count). The maximum absolute atomic E-state index is 10.8. The number of aromatic nitrogens is 1. The van der Waals surface area contributed by atoms with E-state index in [4.69, 9.17) is 4.74 Å². The summed E-state index contributed by atoms with van der Waals surface area (Å²) in [6, 6.07) is 9.59. The van der Waals surface area contributed by atoms with E-state index in [0.29, 0.717) is 23.8 Å². The van der Waals surface area contributed by atoms with Crippen LogP contribution >= 0.6 is 0 Å². The highest BCUT2D eigenvalue weighted by molar-refractivity contribution is 5.47. The number of anilines is 1. The minimum absolute atomic E-state index is 0.0312. The number of hydrogen-bond acceptors (Lipinski definition) is 5. The van der Waals surface area contributed by atoms with Crippen molar-refractivity contribution in [3.63, 3.8) is 0 Å². The Morgan fingerprint density at radius 2 is 2.17 bits per heavy atom. The van der Waals surface area contributed by atoms with E-state index in [0.717, 1.165) is 17.9 Å². The van der Waals surface area contributed by atoms with Gasteiger partial charge < -0.3 is 10.1 Å². The Kier molecular flexibility index (Phi) is 4.41. The number of pyridine rings is 1. The molecule has 1 aliphatic carbocycles. The summed E-state index contributed by atoms with van der Waals surface area (Å²) in [6.07, 6.45) is 3.80. The minimum Gasteiger partial charge on any atom is -0.493 e. The molecular formula is C17H19N3O3. The van der Waals surface area contributed by atoms with Crippen molar-refractivity contribution in [2.75, 3.05) is 11.9 Å². The third-order valence-electron chi connectivity index (χ3n) is 3.88. The minimum atomic E-state index is -0.423. The highest BCUT2D eigenvalue weighted by Crippen LogP contribution is 2.30. The number of nitro groups is 1. The molecule has 120 valence electrons. The molecule has 1 aliphatic rings. The molecule has 1 N–H and O–H groups in total. The smallest absolute Gasteiger partial charge is 0.290 e. The summed E-state index contributed by atoms with van der Waals surface area (Å²) in [5.74, 6) is 2.20. The van der Waals surface area contributed by atoms with Crippen LogP contribution in [-0.2, 0) is 6.54 Å². The van der Waals surface area contributed by atoms with E-state index >= 15 is 0 Å². The fourth-order valence-electron chi connectivity index (χ4n) is 2.31. The number of benzene rings is 1. The van der Waals surface area contributed by atoms with Crippen molar-refractivity contribution in [1.82, 2.24) is 4.98 Å². The molecule has 0 bridgehead atoms. The van der Waals surface area contributed by atoms with Gasteiger partial charge in [-0.05, 0) is 37.8 Å². The van der Waals surface area contributed by atoms with Crippen molar-refractivity contribution < 1.29 is 9.66 Å². The van der Waals surface area contributed by atoms with Crippen LogP contribution in [0.15, 0.2) is 36.5 Å². The third-order valence-corrected chi connectivity index (χ3v) is 3.88. The first-order chi connectivity index (χ1) is 11.1. The van der Waals surface area contributed by atoms with Gasteiger partial charge in [0.1, 0.15) is 17.8 Å². The maximum Gasteiger partial charge on any atom is 0.290 e. The lowest BCUT2D eigenvalue weighted by atomic mass is 10.2. The molecule has 0 radical (unpaired) electrons.